The quantitative estimate of drug-likeness (QED) is 0.654. The van der Waals surface area contributed by atoms with Crippen molar-refractivity contribution in [2.75, 3.05) is 6.61 Å². The molecular formula is C10H20N2O. The van der Waals surface area contributed by atoms with Gasteiger partial charge < -0.3 is 5.11 Å². The molecule has 0 fully saturated rings. The predicted octanol–water partition coefficient (Wildman–Crippen LogP) is 1.29. The van der Waals surface area contributed by atoms with Gasteiger partial charge in [0.15, 0.2) is 0 Å². The molecule has 0 aliphatic heterocycles. The van der Waals surface area contributed by atoms with Crippen LogP contribution in [0.5, 0.6) is 0 Å². The van der Waals surface area contributed by atoms with E-state index >= 15 is 0 Å². The summed E-state index contributed by atoms with van der Waals surface area (Å²) in [6, 6.07) is 2.10. The topological polar surface area (TPSA) is 56.0 Å². The highest BCUT2D eigenvalue weighted by Crippen LogP contribution is 2.05. The van der Waals surface area contributed by atoms with Crippen LogP contribution >= 0.6 is 0 Å². The fourth-order valence-corrected chi connectivity index (χ4v) is 1.30. The number of nitrogens with zero attached hydrogens (tertiary/aromatic N) is 1. The molecule has 2 atom stereocenters. The molecule has 0 amide bonds. The van der Waals surface area contributed by atoms with Crippen molar-refractivity contribution < 1.29 is 5.11 Å². The number of rotatable bonds is 6. The van der Waals surface area contributed by atoms with Crippen LogP contribution in [0.4, 0.5) is 0 Å². The number of hydrogen-bond donors (Lipinski definition) is 2. The fraction of sp³-hybridized carbons (Fsp3) is 0.900. The first-order valence-corrected chi connectivity index (χ1v) is 4.90. The summed E-state index contributed by atoms with van der Waals surface area (Å²) < 4.78 is 0. The summed E-state index contributed by atoms with van der Waals surface area (Å²) in [6.45, 7) is 6.29. The van der Waals surface area contributed by atoms with Crippen LogP contribution in [0.25, 0.3) is 0 Å². The van der Waals surface area contributed by atoms with E-state index in [0.29, 0.717) is 5.92 Å². The Labute approximate surface area is 80.8 Å². The van der Waals surface area contributed by atoms with E-state index in [1.807, 2.05) is 6.92 Å². The van der Waals surface area contributed by atoms with Crippen LogP contribution < -0.4 is 5.32 Å². The molecule has 0 saturated heterocycles. The Kier molecular flexibility index (Phi) is 6.56. The molecular weight excluding hydrogens is 164 g/mol. The van der Waals surface area contributed by atoms with Gasteiger partial charge in [-0.2, -0.15) is 5.26 Å². The van der Waals surface area contributed by atoms with E-state index in [1.165, 1.54) is 0 Å². The Morgan fingerprint density at radius 2 is 2.08 bits per heavy atom. The van der Waals surface area contributed by atoms with Gasteiger partial charge in [-0.05, 0) is 18.8 Å². The van der Waals surface area contributed by atoms with E-state index in [9.17, 15) is 0 Å². The predicted molar refractivity (Wildman–Crippen MR) is 53.2 cm³/mol. The van der Waals surface area contributed by atoms with E-state index in [0.717, 1.165) is 12.8 Å². The zero-order valence-corrected chi connectivity index (χ0v) is 8.75. The summed E-state index contributed by atoms with van der Waals surface area (Å²) in [5.74, 6) is 0.542. The average molecular weight is 184 g/mol. The Balaban J connectivity index is 3.90. The van der Waals surface area contributed by atoms with Crippen molar-refractivity contribution in [3.8, 4) is 6.07 Å². The van der Waals surface area contributed by atoms with Gasteiger partial charge in [0.2, 0.25) is 0 Å². The van der Waals surface area contributed by atoms with Gasteiger partial charge in [-0.1, -0.05) is 20.8 Å². The monoisotopic (exact) mass is 184 g/mol. The van der Waals surface area contributed by atoms with Crippen LogP contribution in [0, 0.1) is 17.2 Å². The first-order chi connectivity index (χ1) is 6.13. The Morgan fingerprint density at radius 1 is 1.46 bits per heavy atom. The maximum atomic E-state index is 9.04. The highest BCUT2D eigenvalue weighted by Gasteiger charge is 2.13. The third kappa shape index (κ3) is 5.62. The molecule has 0 aliphatic carbocycles. The average Bonchev–Trinajstić information content (AvgIpc) is 2.11. The van der Waals surface area contributed by atoms with E-state index < -0.39 is 0 Å². The zero-order valence-electron chi connectivity index (χ0n) is 8.75. The van der Waals surface area contributed by atoms with Gasteiger partial charge in [-0.3, -0.25) is 5.32 Å². The molecule has 0 bridgehead atoms. The maximum Gasteiger partial charge on any atom is 0.0953 e. The Hall–Kier alpha value is -0.590. The lowest BCUT2D eigenvalue weighted by Gasteiger charge is -2.20. The molecule has 2 unspecified atom stereocenters. The number of aliphatic hydroxyl groups is 1. The van der Waals surface area contributed by atoms with Gasteiger partial charge in [0.05, 0.1) is 18.7 Å². The van der Waals surface area contributed by atoms with Crippen LogP contribution in [0.2, 0.25) is 0 Å². The number of nitrogens with one attached hydrogen (secondary N) is 1. The van der Waals surface area contributed by atoms with E-state index in [1.54, 1.807) is 0 Å². The summed E-state index contributed by atoms with van der Waals surface area (Å²) >= 11 is 0. The third-order valence-corrected chi connectivity index (χ3v) is 1.98. The summed E-state index contributed by atoms with van der Waals surface area (Å²) in [6.07, 6.45) is 1.69. The number of hydrogen-bond acceptors (Lipinski definition) is 3. The lowest BCUT2D eigenvalue weighted by atomic mass is 10.0. The summed E-state index contributed by atoms with van der Waals surface area (Å²) in [7, 11) is 0. The van der Waals surface area contributed by atoms with E-state index in [-0.39, 0.29) is 18.7 Å². The minimum atomic E-state index is -0.129. The second kappa shape index (κ2) is 6.88. The molecule has 0 rings (SSSR count). The largest absolute Gasteiger partial charge is 0.395 e. The fourth-order valence-electron chi connectivity index (χ4n) is 1.30. The minimum absolute atomic E-state index is 0.0598. The summed E-state index contributed by atoms with van der Waals surface area (Å²) in [5.41, 5.74) is 0. The maximum absolute atomic E-state index is 9.04. The molecule has 0 aromatic rings. The normalized spacial score (nSPS) is 15.4. The van der Waals surface area contributed by atoms with Crippen molar-refractivity contribution in [2.45, 2.75) is 45.7 Å². The van der Waals surface area contributed by atoms with Crippen molar-refractivity contribution in [1.82, 2.24) is 5.32 Å². The van der Waals surface area contributed by atoms with Gasteiger partial charge in [0, 0.05) is 6.04 Å². The van der Waals surface area contributed by atoms with E-state index in [4.69, 9.17) is 10.4 Å². The van der Waals surface area contributed by atoms with Crippen molar-refractivity contribution in [3.05, 3.63) is 0 Å². The van der Waals surface area contributed by atoms with Crippen molar-refractivity contribution in [3.63, 3.8) is 0 Å². The molecule has 3 nitrogen and oxygen atoms in total. The molecule has 0 saturated carbocycles. The molecule has 0 heterocycles. The van der Waals surface area contributed by atoms with Gasteiger partial charge in [-0.25, -0.2) is 0 Å². The molecule has 0 spiro atoms. The zero-order chi connectivity index (χ0) is 10.3. The second-order valence-corrected chi connectivity index (χ2v) is 3.77. The van der Waals surface area contributed by atoms with Crippen LogP contribution in [0.15, 0.2) is 0 Å². The lowest BCUT2D eigenvalue weighted by Crippen LogP contribution is -2.40. The van der Waals surface area contributed by atoms with Crippen molar-refractivity contribution in [2.24, 2.45) is 5.92 Å². The van der Waals surface area contributed by atoms with Gasteiger partial charge in [0.25, 0.3) is 0 Å². The first kappa shape index (κ1) is 12.4. The lowest BCUT2D eigenvalue weighted by molar-refractivity contribution is 0.218. The molecule has 0 aromatic carbocycles. The molecule has 3 heteroatoms. The van der Waals surface area contributed by atoms with Gasteiger partial charge in [0.1, 0.15) is 0 Å². The summed E-state index contributed by atoms with van der Waals surface area (Å²) in [4.78, 5) is 0. The Morgan fingerprint density at radius 3 is 2.38 bits per heavy atom. The van der Waals surface area contributed by atoms with Crippen molar-refractivity contribution >= 4 is 0 Å². The van der Waals surface area contributed by atoms with E-state index in [2.05, 4.69) is 25.2 Å². The number of nitriles is 1. The van der Waals surface area contributed by atoms with Crippen LogP contribution in [0.3, 0.4) is 0 Å². The van der Waals surface area contributed by atoms with Crippen LogP contribution in [0.1, 0.15) is 33.6 Å². The molecule has 0 aromatic heterocycles. The first-order valence-electron chi connectivity index (χ1n) is 4.90. The standard InChI is InChI=1S/C10H20N2O/c1-4-9(6-11)12-10(7-13)5-8(2)3/h8-10,12-13H,4-5,7H2,1-3H3. The van der Waals surface area contributed by atoms with Gasteiger partial charge >= 0.3 is 0 Å². The molecule has 13 heavy (non-hydrogen) atoms. The minimum Gasteiger partial charge on any atom is -0.395 e. The van der Waals surface area contributed by atoms with Crippen molar-refractivity contribution in [1.29, 1.82) is 5.26 Å². The molecule has 76 valence electrons. The van der Waals surface area contributed by atoms with Gasteiger partial charge in [-0.15, -0.1) is 0 Å². The Bertz CT molecular complexity index is 163. The molecule has 2 N–H and O–H groups in total. The van der Waals surface area contributed by atoms with Crippen LogP contribution in [-0.2, 0) is 0 Å². The third-order valence-electron chi connectivity index (χ3n) is 1.98. The van der Waals surface area contributed by atoms with Crippen LogP contribution in [-0.4, -0.2) is 23.8 Å². The highest BCUT2D eigenvalue weighted by atomic mass is 16.3. The highest BCUT2D eigenvalue weighted by molar-refractivity contribution is 4.90. The number of aliphatic hydroxyl groups excluding tert-OH is 1. The SMILES string of the molecule is CCC(C#N)NC(CO)CC(C)C. The smallest absolute Gasteiger partial charge is 0.0953 e. The summed E-state index contributed by atoms with van der Waals surface area (Å²) in [5, 5.41) is 20.9. The molecule has 0 aliphatic rings. The second-order valence-electron chi connectivity index (χ2n) is 3.77. The molecule has 0 radical (unpaired) electrons.